The van der Waals surface area contributed by atoms with Crippen molar-refractivity contribution in [2.24, 2.45) is 5.92 Å². The number of hydrogen-bond donors (Lipinski definition) is 1. The van der Waals surface area contributed by atoms with Crippen molar-refractivity contribution in [1.29, 1.82) is 0 Å². The molecule has 0 amide bonds. The van der Waals surface area contributed by atoms with E-state index in [2.05, 4.69) is 17.1 Å². The van der Waals surface area contributed by atoms with E-state index in [1.165, 1.54) is 45.2 Å². The maximum Gasteiger partial charge on any atom is 0.0510 e. The normalized spacial score (nSPS) is 36.5. The third kappa shape index (κ3) is 2.83. The fourth-order valence-corrected chi connectivity index (χ4v) is 3.45. The molecule has 3 nitrogen and oxygen atoms in total. The number of likely N-dealkylation sites (tertiary alicyclic amines) is 1. The second-order valence-electron chi connectivity index (χ2n) is 6.02. The van der Waals surface area contributed by atoms with E-state index in [9.17, 15) is 0 Å². The van der Waals surface area contributed by atoms with Crippen LogP contribution in [0.4, 0.5) is 0 Å². The van der Waals surface area contributed by atoms with Crippen LogP contribution < -0.4 is 5.32 Å². The van der Waals surface area contributed by atoms with Gasteiger partial charge in [-0.15, -0.1) is 0 Å². The SMILES string of the molecule is CC[C@H](N[C@H]1CCN(C2CC2)C1)[C@@H]1CCOC1. The van der Waals surface area contributed by atoms with Crippen molar-refractivity contribution >= 4 is 0 Å². The van der Waals surface area contributed by atoms with Crippen LogP contribution >= 0.6 is 0 Å². The molecule has 3 rings (SSSR count). The molecular formula is C14H26N2O. The van der Waals surface area contributed by atoms with Crippen LogP contribution in [0.2, 0.25) is 0 Å². The highest BCUT2D eigenvalue weighted by atomic mass is 16.5. The van der Waals surface area contributed by atoms with Gasteiger partial charge in [0.05, 0.1) is 6.61 Å². The minimum absolute atomic E-state index is 0.682. The monoisotopic (exact) mass is 238 g/mol. The first-order chi connectivity index (χ1) is 8.36. The topological polar surface area (TPSA) is 24.5 Å². The van der Waals surface area contributed by atoms with E-state index in [0.717, 1.165) is 31.2 Å². The Labute approximate surface area is 105 Å². The molecule has 0 aromatic carbocycles. The first-order valence-corrected chi connectivity index (χ1v) is 7.44. The molecule has 1 aliphatic carbocycles. The summed E-state index contributed by atoms with van der Waals surface area (Å²) in [5, 5.41) is 3.90. The smallest absolute Gasteiger partial charge is 0.0510 e. The Morgan fingerprint density at radius 3 is 2.82 bits per heavy atom. The zero-order valence-electron chi connectivity index (χ0n) is 11.0. The van der Waals surface area contributed by atoms with Crippen LogP contribution in [0, 0.1) is 5.92 Å². The van der Waals surface area contributed by atoms with Crippen LogP contribution in [0.1, 0.15) is 39.0 Å². The zero-order valence-corrected chi connectivity index (χ0v) is 11.0. The summed E-state index contributed by atoms with van der Waals surface area (Å²) >= 11 is 0. The molecule has 2 aliphatic heterocycles. The molecule has 1 saturated carbocycles. The number of nitrogens with one attached hydrogen (secondary N) is 1. The van der Waals surface area contributed by atoms with Crippen molar-refractivity contribution in [2.45, 2.75) is 57.2 Å². The van der Waals surface area contributed by atoms with Crippen LogP contribution in [0.5, 0.6) is 0 Å². The Hall–Kier alpha value is -0.120. The van der Waals surface area contributed by atoms with Gasteiger partial charge in [-0.25, -0.2) is 0 Å². The molecule has 0 aromatic rings. The number of ether oxygens (including phenoxy) is 1. The molecular weight excluding hydrogens is 212 g/mol. The second kappa shape index (κ2) is 5.25. The molecule has 3 aliphatic rings. The lowest BCUT2D eigenvalue weighted by atomic mass is 9.96. The summed E-state index contributed by atoms with van der Waals surface area (Å²) in [7, 11) is 0. The zero-order chi connectivity index (χ0) is 11.7. The van der Waals surface area contributed by atoms with Crippen molar-refractivity contribution in [3.05, 3.63) is 0 Å². The Kier molecular flexibility index (Phi) is 3.69. The highest BCUT2D eigenvalue weighted by Gasteiger charge is 2.35. The van der Waals surface area contributed by atoms with Crippen molar-refractivity contribution < 1.29 is 4.74 Å². The summed E-state index contributed by atoms with van der Waals surface area (Å²) < 4.78 is 5.52. The van der Waals surface area contributed by atoms with Gasteiger partial charge in [-0.05, 0) is 38.0 Å². The van der Waals surface area contributed by atoms with Gasteiger partial charge in [0, 0.05) is 37.8 Å². The van der Waals surface area contributed by atoms with Crippen LogP contribution in [-0.2, 0) is 4.74 Å². The molecule has 0 bridgehead atoms. The number of nitrogens with zero attached hydrogens (tertiary/aromatic N) is 1. The minimum atomic E-state index is 0.682. The molecule has 0 radical (unpaired) electrons. The molecule has 0 spiro atoms. The summed E-state index contributed by atoms with van der Waals surface area (Å²) in [5.41, 5.74) is 0. The molecule has 2 heterocycles. The lowest BCUT2D eigenvalue weighted by Crippen LogP contribution is -2.44. The number of rotatable bonds is 5. The van der Waals surface area contributed by atoms with Gasteiger partial charge in [-0.3, -0.25) is 4.90 Å². The third-order valence-corrected chi connectivity index (χ3v) is 4.71. The van der Waals surface area contributed by atoms with Gasteiger partial charge < -0.3 is 10.1 Å². The van der Waals surface area contributed by atoms with E-state index in [0.29, 0.717) is 6.04 Å². The molecule has 3 fully saturated rings. The molecule has 17 heavy (non-hydrogen) atoms. The molecule has 3 heteroatoms. The summed E-state index contributed by atoms with van der Waals surface area (Å²) in [6, 6.07) is 2.36. The standard InChI is InChI=1S/C14H26N2O/c1-2-14(11-6-8-17-10-11)15-12-5-7-16(9-12)13-3-4-13/h11-15H,2-10H2,1H3/t11-,12+,14+/m1/s1. The van der Waals surface area contributed by atoms with Crippen molar-refractivity contribution in [3.8, 4) is 0 Å². The molecule has 3 atom stereocenters. The van der Waals surface area contributed by atoms with E-state index in [1.54, 1.807) is 0 Å². The molecule has 1 N–H and O–H groups in total. The van der Waals surface area contributed by atoms with E-state index in [4.69, 9.17) is 4.74 Å². The maximum absolute atomic E-state index is 5.52. The second-order valence-corrected chi connectivity index (χ2v) is 6.02. The highest BCUT2D eigenvalue weighted by Crippen LogP contribution is 2.30. The average molecular weight is 238 g/mol. The highest BCUT2D eigenvalue weighted by molar-refractivity contribution is 4.93. The van der Waals surface area contributed by atoms with Crippen molar-refractivity contribution in [3.63, 3.8) is 0 Å². The van der Waals surface area contributed by atoms with E-state index >= 15 is 0 Å². The van der Waals surface area contributed by atoms with Crippen LogP contribution in [0.3, 0.4) is 0 Å². The molecule has 2 saturated heterocycles. The predicted molar refractivity (Wildman–Crippen MR) is 69.1 cm³/mol. The quantitative estimate of drug-likeness (QED) is 0.788. The maximum atomic E-state index is 5.52. The van der Waals surface area contributed by atoms with Gasteiger partial charge in [0.1, 0.15) is 0 Å². The van der Waals surface area contributed by atoms with E-state index in [-0.39, 0.29) is 0 Å². The summed E-state index contributed by atoms with van der Waals surface area (Å²) in [6.45, 7) is 6.87. The van der Waals surface area contributed by atoms with E-state index < -0.39 is 0 Å². The van der Waals surface area contributed by atoms with Gasteiger partial charge in [0.25, 0.3) is 0 Å². The van der Waals surface area contributed by atoms with Crippen molar-refractivity contribution in [1.82, 2.24) is 10.2 Å². The molecule has 0 aromatic heterocycles. The van der Waals surface area contributed by atoms with Gasteiger partial charge >= 0.3 is 0 Å². The molecule has 0 unspecified atom stereocenters. The Morgan fingerprint density at radius 2 is 2.18 bits per heavy atom. The van der Waals surface area contributed by atoms with Crippen molar-refractivity contribution in [2.75, 3.05) is 26.3 Å². The van der Waals surface area contributed by atoms with Crippen LogP contribution in [0.15, 0.2) is 0 Å². The lowest BCUT2D eigenvalue weighted by molar-refractivity contribution is 0.173. The summed E-state index contributed by atoms with van der Waals surface area (Å²) in [5.74, 6) is 0.759. The first-order valence-electron chi connectivity index (χ1n) is 7.44. The summed E-state index contributed by atoms with van der Waals surface area (Å²) in [4.78, 5) is 2.69. The third-order valence-electron chi connectivity index (χ3n) is 4.71. The van der Waals surface area contributed by atoms with Gasteiger partial charge in [-0.2, -0.15) is 0 Å². The lowest BCUT2D eigenvalue weighted by Gasteiger charge is -2.26. The van der Waals surface area contributed by atoms with Gasteiger partial charge in [-0.1, -0.05) is 6.92 Å². The van der Waals surface area contributed by atoms with E-state index in [1.807, 2.05) is 0 Å². The largest absolute Gasteiger partial charge is 0.381 e. The average Bonchev–Trinajstić information content (AvgIpc) is 2.89. The summed E-state index contributed by atoms with van der Waals surface area (Å²) in [6.07, 6.45) is 6.74. The first kappa shape index (κ1) is 11.9. The Bertz CT molecular complexity index is 249. The predicted octanol–water partition coefficient (Wildman–Crippen LogP) is 1.63. The fraction of sp³-hybridized carbons (Fsp3) is 1.00. The van der Waals surface area contributed by atoms with Crippen LogP contribution in [-0.4, -0.2) is 49.3 Å². The number of hydrogen-bond acceptors (Lipinski definition) is 3. The van der Waals surface area contributed by atoms with Gasteiger partial charge in [0.15, 0.2) is 0 Å². The minimum Gasteiger partial charge on any atom is -0.381 e. The Morgan fingerprint density at radius 1 is 1.29 bits per heavy atom. The van der Waals surface area contributed by atoms with Gasteiger partial charge in [0.2, 0.25) is 0 Å². The van der Waals surface area contributed by atoms with Crippen LogP contribution in [0.25, 0.3) is 0 Å². The molecule has 98 valence electrons. The Balaban J connectivity index is 1.47. The fourth-order valence-electron chi connectivity index (χ4n) is 3.45.